The molecule has 0 amide bonds. The van der Waals surface area contributed by atoms with Crippen LogP contribution in [0.1, 0.15) is 11.4 Å². The molecular weight excluding hydrogens is 378 g/mol. The van der Waals surface area contributed by atoms with Crippen molar-refractivity contribution >= 4 is 28.5 Å². The van der Waals surface area contributed by atoms with Crippen LogP contribution in [-0.2, 0) is 6.54 Å². The first kappa shape index (κ1) is 17.9. The Morgan fingerprint density at radius 1 is 1.03 bits per heavy atom. The molecular formula is C22H19N7O. The summed E-state index contributed by atoms with van der Waals surface area (Å²) in [5.41, 5.74) is 4.70. The number of para-hydroxylation sites is 2. The maximum Gasteiger partial charge on any atom is 0.229 e. The van der Waals surface area contributed by atoms with Gasteiger partial charge in [-0.15, -0.1) is 0 Å². The minimum atomic E-state index is 0.502. The van der Waals surface area contributed by atoms with E-state index in [-0.39, 0.29) is 0 Å². The Bertz CT molecular complexity index is 1260. The highest BCUT2D eigenvalue weighted by molar-refractivity contribution is 5.74. The number of H-pyrrole nitrogens is 1. The molecule has 3 aromatic heterocycles. The van der Waals surface area contributed by atoms with Gasteiger partial charge in [-0.25, -0.2) is 15.0 Å². The minimum absolute atomic E-state index is 0.502. The molecule has 0 spiro atoms. The Kier molecular flexibility index (Phi) is 4.57. The van der Waals surface area contributed by atoms with E-state index in [4.69, 9.17) is 4.42 Å². The summed E-state index contributed by atoms with van der Waals surface area (Å²) >= 11 is 0. The van der Waals surface area contributed by atoms with Gasteiger partial charge < -0.3 is 20.0 Å². The maximum absolute atomic E-state index is 5.37. The molecule has 0 aliphatic rings. The second kappa shape index (κ2) is 7.67. The molecule has 0 fully saturated rings. The van der Waals surface area contributed by atoms with Crippen LogP contribution in [0.15, 0.2) is 71.7 Å². The number of rotatable bonds is 6. The van der Waals surface area contributed by atoms with Gasteiger partial charge in [0.2, 0.25) is 5.95 Å². The van der Waals surface area contributed by atoms with Crippen molar-refractivity contribution in [2.75, 3.05) is 10.6 Å². The van der Waals surface area contributed by atoms with Gasteiger partial charge in [0, 0.05) is 23.0 Å². The zero-order valence-corrected chi connectivity index (χ0v) is 16.3. The van der Waals surface area contributed by atoms with Gasteiger partial charge in [0.05, 0.1) is 23.8 Å². The van der Waals surface area contributed by atoms with Crippen LogP contribution in [0.4, 0.5) is 17.5 Å². The Morgan fingerprint density at radius 3 is 2.83 bits per heavy atom. The molecule has 3 N–H and O–H groups in total. The predicted octanol–water partition coefficient (Wildman–Crippen LogP) is 4.67. The van der Waals surface area contributed by atoms with Crippen molar-refractivity contribution in [3.63, 3.8) is 0 Å². The molecule has 0 aliphatic carbocycles. The number of hydrogen-bond acceptors (Lipinski definition) is 7. The molecule has 0 saturated carbocycles. The smallest absolute Gasteiger partial charge is 0.229 e. The van der Waals surface area contributed by atoms with Crippen LogP contribution in [0.5, 0.6) is 0 Å². The molecule has 30 heavy (non-hydrogen) atoms. The number of nitrogens with one attached hydrogen (secondary N) is 3. The zero-order chi connectivity index (χ0) is 20.3. The average Bonchev–Trinajstić information content (AvgIpc) is 3.44. The molecule has 0 atom stereocenters. The third kappa shape index (κ3) is 3.70. The molecule has 3 heterocycles. The molecule has 5 aromatic rings. The summed E-state index contributed by atoms with van der Waals surface area (Å²) in [5.74, 6) is 2.81. The van der Waals surface area contributed by atoms with Crippen LogP contribution in [-0.4, -0.2) is 24.9 Å². The van der Waals surface area contributed by atoms with Crippen molar-refractivity contribution in [2.45, 2.75) is 13.5 Å². The quantitative estimate of drug-likeness (QED) is 0.382. The van der Waals surface area contributed by atoms with Crippen molar-refractivity contribution in [3.05, 3.63) is 78.7 Å². The second-order valence-electron chi connectivity index (χ2n) is 6.85. The van der Waals surface area contributed by atoms with E-state index < -0.39 is 0 Å². The molecule has 0 radical (unpaired) electrons. The molecule has 8 nitrogen and oxygen atoms in total. The van der Waals surface area contributed by atoms with E-state index in [1.807, 2.05) is 55.5 Å². The fraction of sp³-hybridized carbons (Fsp3) is 0.0909. The van der Waals surface area contributed by atoms with Gasteiger partial charge >= 0.3 is 0 Å². The normalized spacial score (nSPS) is 11.0. The molecule has 5 rings (SSSR count). The average molecular weight is 397 g/mol. The maximum atomic E-state index is 5.37. The van der Waals surface area contributed by atoms with Gasteiger partial charge in [0.1, 0.15) is 11.6 Å². The molecule has 0 unspecified atom stereocenters. The summed E-state index contributed by atoms with van der Waals surface area (Å²) in [6.45, 7) is 2.50. The molecule has 8 heteroatoms. The van der Waals surface area contributed by atoms with Gasteiger partial charge in [0.15, 0.2) is 12.2 Å². The lowest BCUT2D eigenvalue weighted by molar-refractivity contribution is 0.572. The number of aromatic amines is 1. The fourth-order valence-electron chi connectivity index (χ4n) is 3.18. The van der Waals surface area contributed by atoms with Crippen LogP contribution in [0, 0.1) is 6.92 Å². The van der Waals surface area contributed by atoms with Crippen LogP contribution < -0.4 is 10.6 Å². The van der Waals surface area contributed by atoms with Gasteiger partial charge in [-0.1, -0.05) is 24.3 Å². The summed E-state index contributed by atoms with van der Waals surface area (Å²) in [6, 6.07) is 15.8. The Balaban J connectivity index is 1.33. The lowest BCUT2D eigenvalue weighted by Gasteiger charge is -2.10. The molecule has 2 aromatic carbocycles. The number of fused-ring (bicyclic) bond motifs is 1. The lowest BCUT2D eigenvalue weighted by Crippen LogP contribution is -2.07. The summed E-state index contributed by atoms with van der Waals surface area (Å²) < 4.78 is 5.37. The summed E-state index contributed by atoms with van der Waals surface area (Å²) in [6.07, 6.45) is 4.89. The minimum Gasteiger partial charge on any atom is -0.444 e. The van der Waals surface area contributed by atoms with E-state index in [2.05, 4.69) is 35.6 Å². The largest absolute Gasteiger partial charge is 0.444 e. The van der Waals surface area contributed by atoms with Gasteiger partial charge in [0.25, 0.3) is 0 Å². The third-order valence-corrected chi connectivity index (χ3v) is 4.67. The highest BCUT2D eigenvalue weighted by Crippen LogP contribution is 2.24. The predicted molar refractivity (Wildman–Crippen MR) is 115 cm³/mol. The van der Waals surface area contributed by atoms with Crippen LogP contribution in [0.3, 0.4) is 0 Å². The van der Waals surface area contributed by atoms with E-state index >= 15 is 0 Å². The van der Waals surface area contributed by atoms with E-state index in [1.165, 1.54) is 6.39 Å². The Hall–Kier alpha value is -4.20. The number of benzene rings is 2. The summed E-state index contributed by atoms with van der Waals surface area (Å²) in [4.78, 5) is 20.9. The molecule has 0 aliphatic heterocycles. The first-order chi connectivity index (χ1) is 14.7. The van der Waals surface area contributed by atoms with E-state index in [1.54, 1.807) is 12.4 Å². The topological polar surface area (TPSA) is 105 Å². The van der Waals surface area contributed by atoms with E-state index in [9.17, 15) is 0 Å². The number of aromatic nitrogens is 5. The van der Waals surface area contributed by atoms with Crippen molar-refractivity contribution in [1.82, 2.24) is 24.9 Å². The van der Waals surface area contributed by atoms with Gasteiger partial charge in [-0.2, -0.15) is 4.98 Å². The number of hydrogen-bond donors (Lipinski definition) is 3. The number of oxazole rings is 1. The van der Waals surface area contributed by atoms with Gasteiger partial charge in [-0.3, -0.25) is 0 Å². The highest BCUT2D eigenvalue weighted by Gasteiger charge is 2.08. The number of anilines is 3. The molecule has 0 saturated heterocycles. The number of nitrogens with zero attached hydrogens (tertiary/aromatic N) is 4. The fourth-order valence-corrected chi connectivity index (χ4v) is 3.18. The van der Waals surface area contributed by atoms with Crippen molar-refractivity contribution in [3.8, 4) is 11.3 Å². The lowest BCUT2D eigenvalue weighted by atomic mass is 10.1. The summed E-state index contributed by atoms with van der Waals surface area (Å²) in [5, 5.41) is 6.59. The van der Waals surface area contributed by atoms with Crippen LogP contribution in [0.25, 0.3) is 22.4 Å². The zero-order valence-electron chi connectivity index (χ0n) is 16.3. The Morgan fingerprint density at radius 2 is 1.97 bits per heavy atom. The molecule has 148 valence electrons. The molecule has 0 bridgehead atoms. The highest BCUT2D eigenvalue weighted by atomic mass is 16.3. The monoisotopic (exact) mass is 397 g/mol. The first-order valence-electron chi connectivity index (χ1n) is 9.52. The van der Waals surface area contributed by atoms with Crippen molar-refractivity contribution in [1.29, 1.82) is 0 Å². The van der Waals surface area contributed by atoms with E-state index in [0.29, 0.717) is 18.3 Å². The van der Waals surface area contributed by atoms with Crippen LogP contribution >= 0.6 is 0 Å². The van der Waals surface area contributed by atoms with Gasteiger partial charge in [-0.05, 0) is 31.2 Å². The first-order valence-corrected chi connectivity index (χ1v) is 9.52. The van der Waals surface area contributed by atoms with Crippen LogP contribution in [0.2, 0.25) is 0 Å². The standard InChI is InChI=1S/C22H19N7O/c1-14-10-25-22(26-16-6-4-5-15(9-16)19-11-23-13-30-19)29-21(14)24-12-20-27-17-7-2-3-8-18(17)28-20/h2-11,13H,12H2,1H3,(H,27,28)(H2,24,25,26,29). The van der Waals surface area contributed by atoms with E-state index in [0.717, 1.165) is 39.5 Å². The third-order valence-electron chi connectivity index (χ3n) is 4.67. The number of imidazole rings is 1. The van der Waals surface area contributed by atoms with Crippen molar-refractivity contribution in [2.24, 2.45) is 0 Å². The van der Waals surface area contributed by atoms with Crippen molar-refractivity contribution < 1.29 is 4.42 Å². The summed E-state index contributed by atoms with van der Waals surface area (Å²) in [7, 11) is 0. The Labute approximate surface area is 172 Å². The second-order valence-corrected chi connectivity index (χ2v) is 6.85. The number of aryl methyl sites for hydroxylation is 1. The SMILES string of the molecule is Cc1cnc(Nc2cccc(-c3cnco3)c2)nc1NCc1nc2ccccc2[nH]1.